The SMILES string of the molecule is CCC(N)Cc1cc(OCc2ccc(C)cc2)ccc1Br. The van der Waals surface area contributed by atoms with Gasteiger partial charge in [0.05, 0.1) is 0 Å². The minimum atomic E-state index is 0.189. The number of nitrogens with two attached hydrogens (primary N) is 1. The molecule has 0 saturated carbocycles. The smallest absolute Gasteiger partial charge is 0.120 e. The highest BCUT2D eigenvalue weighted by atomic mass is 79.9. The predicted molar refractivity (Wildman–Crippen MR) is 91.6 cm³/mol. The van der Waals surface area contributed by atoms with E-state index in [1.165, 1.54) is 16.7 Å². The first-order valence-corrected chi connectivity index (χ1v) is 8.10. The number of ether oxygens (including phenoxy) is 1. The Morgan fingerprint density at radius 2 is 1.86 bits per heavy atom. The van der Waals surface area contributed by atoms with Crippen LogP contribution in [-0.2, 0) is 13.0 Å². The summed E-state index contributed by atoms with van der Waals surface area (Å²) in [4.78, 5) is 0. The number of aryl methyl sites for hydroxylation is 1. The topological polar surface area (TPSA) is 35.2 Å². The number of hydrogen-bond acceptors (Lipinski definition) is 2. The highest BCUT2D eigenvalue weighted by molar-refractivity contribution is 9.10. The van der Waals surface area contributed by atoms with E-state index in [2.05, 4.69) is 60.1 Å². The van der Waals surface area contributed by atoms with Gasteiger partial charge in [-0.1, -0.05) is 52.7 Å². The van der Waals surface area contributed by atoms with Crippen LogP contribution in [0.2, 0.25) is 0 Å². The molecular weight excluding hydrogens is 326 g/mol. The maximum atomic E-state index is 6.04. The third kappa shape index (κ3) is 4.87. The van der Waals surface area contributed by atoms with Gasteiger partial charge in [0.2, 0.25) is 0 Å². The molecule has 2 aromatic carbocycles. The molecule has 2 N–H and O–H groups in total. The summed E-state index contributed by atoms with van der Waals surface area (Å²) < 4.78 is 6.97. The van der Waals surface area contributed by atoms with E-state index in [-0.39, 0.29) is 6.04 Å². The number of hydrogen-bond donors (Lipinski definition) is 1. The van der Waals surface area contributed by atoms with E-state index in [9.17, 15) is 0 Å². The second-order valence-electron chi connectivity index (χ2n) is 5.40. The van der Waals surface area contributed by atoms with Crippen LogP contribution >= 0.6 is 15.9 Å². The van der Waals surface area contributed by atoms with Crippen molar-refractivity contribution in [3.05, 3.63) is 63.6 Å². The molecule has 2 aromatic rings. The van der Waals surface area contributed by atoms with Gasteiger partial charge in [-0.2, -0.15) is 0 Å². The number of rotatable bonds is 6. The van der Waals surface area contributed by atoms with Crippen LogP contribution in [0.1, 0.15) is 30.0 Å². The molecule has 112 valence electrons. The molecule has 0 aliphatic carbocycles. The summed E-state index contributed by atoms with van der Waals surface area (Å²) in [5, 5.41) is 0. The minimum absolute atomic E-state index is 0.189. The molecule has 0 bridgehead atoms. The van der Waals surface area contributed by atoms with Crippen LogP contribution in [-0.4, -0.2) is 6.04 Å². The highest BCUT2D eigenvalue weighted by Crippen LogP contribution is 2.24. The Kier molecular flexibility index (Phi) is 5.83. The number of halogens is 1. The first-order chi connectivity index (χ1) is 10.1. The molecule has 1 unspecified atom stereocenters. The minimum Gasteiger partial charge on any atom is -0.489 e. The second kappa shape index (κ2) is 7.62. The van der Waals surface area contributed by atoms with Gasteiger partial charge in [0.25, 0.3) is 0 Å². The molecule has 0 aliphatic heterocycles. The van der Waals surface area contributed by atoms with Crippen LogP contribution in [0, 0.1) is 6.92 Å². The molecule has 2 nitrogen and oxygen atoms in total. The van der Waals surface area contributed by atoms with Crippen molar-refractivity contribution in [2.75, 3.05) is 0 Å². The van der Waals surface area contributed by atoms with Crippen molar-refractivity contribution in [3.63, 3.8) is 0 Å². The fourth-order valence-electron chi connectivity index (χ4n) is 2.08. The third-order valence-electron chi connectivity index (χ3n) is 3.55. The Hall–Kier alpha value is -1.32. The molecule has 0 radical (unpaired) electrons. The molecule has 0 spiro atoms. The maximum Gasteiger partial charge on any atom is 0.120 e. The lowest BCUT2D eigenvalue weighted by Crippen LogP contribution is -2.21. The largest absolute Gasteiger partial charge is 0.489 e. The average Bonchev–Trinajstić information content (AvgIpc) is 2.49. The quantitative estimate of drug-likeness (QED) is 0.827. The van der Waals surface area contributed by atoms with E-state index in [0.29, 0.717) is 6.61 Å². The molecule has 0 aliphatic rings. The lowest BCUT2D eigenvalue weighted by atomic mass is 10.0. The summed E-state index contributed by atoms with van der Waals surface area (Å²) in [6, 6.07) is 14.7. The van der Waals surface area contributed by atoms with Crippen LogP contribution in [0.4, 0.5) is 0 Å². The van der Waals surface area contributed by atoms with Crippen molar-refractivity contribution >= 4 is 15.9 Å². The van der Waals surface area contributed by atoms with E-state index in [0.717, 1.165) is 23.1 Å². The Balaban J connectivity index is 2.03. The zero-order chi connectivity index (χ0) is 15.2. The molecule has 2 rings (SSSR count). The summed E-state index contributed by atoms with van der Waals surface area (Å²) >= 11 is 3.58. The van der Waals surface area contributed by atoms with Gasteiger partial charge in [-0.05, 0) is 49.1 Å². The fraction of sp³-hybridized carbons (Fsp3) is 0.333. The lowest BCUT2D eigenvalue weighted by Gasteiger charge is -2.13. The first kappa shape index (κ1) is 16.1. The van der Waals surface area contributed by atoms with E-state index in [1.54, 1.807) is 0 Å². The van der Waals surface area contributed by atoms with E-state index >= 15 is 0 Å². The van der Waals surface area contributed by atoms with Gasteiger partial charge >= 0.3 is 0 Å². The monoisotopic (exact) mass is 347 g/mol. The summed E-state index contributed by atoms with van der Waals surface area (Å²) in [7, 11) is 0. The van der Waals surface area contributed by atoms with Crippen LogP contribution in [0.15, 0.2) is 46.9 Å². The Labute approximate surface area is 135 Å². The van der Waals surface area contributed by atoms with Crippen molar-refractivity contribution in [1.82, 2.24) is 0 Å². The van der Waals surface area contributed by atoms with Gasteiger partial charge in [0, 0.05) is 10.5 Å². The summed E-state index contributed by atoms with van der Waals surface area (Å²) in [5.41, 5.74) is 9.68. The molecule has 0 amide bonds. The standard InChI is InChI=1S/C18H22BrNO/c1-3-16(20)10-15-11-17(8-9-18(15)19)21-12-14-6-4-13(2)5-7-14/h4-9,11,16H,3,10,12,20H2,1-2H3. The van der Waals surface area contributed by atoms with Crippen molar-refractivity contribution in [3.8, 4) is 5.75 Å². The third-order valence-corrected chi connectivity index (χ3v) is 4.32. The molecular formula is C18H22BrNO. The average molecular weight is 348 g/mol. The zero-order valence-electron chi connectivity index (χ0n) is 12.6. The molecule has 0 saturated heterocycles. The van der Waals surface area contributed by atoms with Gasteiger partial charge in [-0.15, -0.1) is 0 Å². The maximum absolute atomic E-state index is 6.04. The van der Waals surface area contributed by atoms with Crippen LogP contribution < -0.4 is 10.5 Å². The summed E-state index contributed by atoms with van der Waals surface area (Å²) in [6.45, 7) is 4.78. The molecule has 21 heavy (non-hydrogen) atoms. The number of benzene rings is 2. The van der Waals surface area contributed by atoms with Gasteiger partial charge in [-0.25, -0.2) is 0 Å². The van der Waals surface area contributed by atoms with Gasteiger partial charge < -0.3 is 10.5 Å². The Morgan fingerprint density at radius 3 is 2.52 bits per heavy atom. The van der Waals surface area contributed by atoms with E-state index in [4.69, 9.17) is 10.5 Å². The lowest BCUT2D eigenvalue weighted by molar-refractivity contribution is 0.306. The van der Waals surface area contributed by atoms with Crippen molar-refractivity contribution in [2.24, 2.45) is 5.73 Å². The van der Waals surface area contributed by atoms with Crippen molar-refractivity contribution in [1.29, 1.82) is 0 Å². The predicted octanol–water partition coefficient (Wildman–Crippen LogP) is 4.62. The van der Waals surface area contributed by atoms with Crippen molar-refractivity contribution in [2.45, 2.75) is 39.3 Å². The summed E-state index contributed by atoms with van der Waals surface area (Å²) in [6.07, 6.45) is 1.83. The first-order valence-electron chi connectivity index (χ1n) is 7.31. The second-order valence-corrected chi connectivity index (χ2v) is 6.25. The summed E-state index contributed by atoms with van der Waals surface area (Å²) in [5.74, 6) is 0.886. The fourth-order valence-corrected chi connectivity index (χ4v) is 2.48. The van der Waals surface area contributed by atoms with Gasteiger partial charge in [0.1, 0.15) is 12.4 Å². The molecule has 0 aromatic heterocycles. The molecule has 1 atom stereocenters. The van der Waals surface area contributed by atoms with Crippen LogP contribution in [0.3, 0.4) is 0 Å². The highest BCUT2D eigenvalue weighted by Gasteiger charge is 2.07. The molecule has 3 heteroatoms. The van der Waals surface area contributed by atoms with Crippen LogP contribution in [0.25, 0.3) is 0 Å². The van der Waals surface area contributed by atoms with Gasteiger partial charge in [-0.3, -0.25) is 0 Å². The molecule has 0 fully saturated rings. The normalized spacial score (nSPS) is 12.2. The zero-order valence-corrected chi connectivity index (χ0v) is 14.2. The van der Waals surface area contributed by atoms with Gasteiger partial charge in [0.15, 0.2) is 0 Å². The van der Waals surface area contributed by atoms with Crippen molar-refractivity contribution < 1.29 is 4.74 Å². The van der Waals surface area contributed by atoms with E-state index in [1.807, 2.05) is 12.1 Å². The Bertz CT molecular complexity index is 580. The van der Waals surface area contributed by atoms with E-state index < -0.39 is 0 Å². The molecule has 0 heterocycles. The van der Waals surface area contributed by atoms with Crippen LogP contribution in [0.5, 0.6) is 5.75 Å². The Morgan fingerprint density at radius 1 is 1.14 bits per heavy atom.